The van der Waals surface area contributed by atoms with Crippen molar-refractivity contribution in [3.8, 4) is 0 Å². The Labute approximate surface area is 179 Å². The number of allylic oxidation sites excluding steroid dienone is 2. The van der Waals surface area contributed by atoms with Crippen LogP contribution in [0, 0.1) is 46.3 Å². The van der Waals surface area contributed by atoms with E-state index in [4.69, 9.17) is 0 Å². The molecule has 3 fully saturated rings. The summed E-state index contributed by atoms with van der Waals surface area (Å²) in [5.41, 5.74) is 2.03. The third-order valence-corrected chi connectivity index (χ3v) is 10.0. The van der Waals surface area contributed by atoms with Gasteiger partial charge in [-0.2, -0.15) is 0 Å². The molecule has 0 unspecified atom stereocenters. The van der Waals surface area contributed by atoms with Crippen molar-refractivity contribution in [2.75, 3.05) is 0 Å². The third-order valence-electron chi connectivity index (χ3n) is 10.0. The largest absolute Gasteiger partial charge is 0.330 e. The van der Waals surface area contributed by atoms with Gasteiger partial charge in [0.15, 0.2) is 0 Å². The molecule has 164 valence electrons. The standard InChI is InChI=1S/C27H45NO/c1-18(2)8-6-9-19(3)21-12-13-22-20-11-14-24-27(5,16-7-10-25(29)28-24)23(20)15-17-26(21,22)4/h14,18-23H,6-13,15-17H2,1-5H3,(H,28,29)/t19-,20+,21-,22+,23+,26-,27-/m1/s1. The Kier molecular flexibility index (Phi) is 5.95. The molecule has 2 nitrogen and oxygen atoms in total. The fourth-order valence-electron chi connectivity index (χ4n) is 8.46. The van der Waals surface area contributed by atoms with E-state index in [1.165, 1.54) is 63.5 Å². The number of fused-ring (bicyclic) bond motifs is 5. The van der Waals surface area contributed by atoms with Gasteiger partial charge in [0.2, 0.25) is 5.91 Å². The molecule has 1 aliphatic heterocycles. The van der Waals surface area contributed by atoms with Crippen LogP contribution < -0.4 is 5.32 Å². The van der Waals surface area contributed by atoms with Gasteiger partial charge >= 0.3 is 0 Å². The molecule has 7 atom stereocenters. The van der Waals surface area contributed by atoms with Crippen molar-refractivity contribution in [3.63, 3.8) is 0 Å². The van der Waals surface area contributed by atoms with Gasteiger partial charge in [-0.05, 0) is 85.9 Å². The maximum atomic E-state index is 12.2. The van der Waals surface area contributed by atoms with Crippen LogP contribution in [0.3, 0.4) is 0 Å². The van der Waals surface area contributed by atoms with Crippen LogP contribution in [0.4, 0.5) is 0 Å². The maximum Gasteiger partial charge on any atom is 0.224 e. The Morgan fingerprint density at radius 1 is 1.07 bits per heavy atom. The number of hydrogen-bond donors (Lipinski definition) is 1. The van der Waals surface area contributed by atoms with Crippen LogP contribution in [-0.2, 0) is 4.79 Å². The highest BCUT2D eigenvalue weighted by Gasteiger charge is 2.58. The maximum absolute atomic E-state index is 12.2. The van der Waals surface area contributed by atoms with Crippen molar-refractivity contribution in [2.24, 2.45) is 46.3 Å². The zero-order valence-electron chi connectivity index (χ0n) is 19.7. The van der Waals surface area contributed by atoms with Crippen LogP contribution in [-0.4, -0.2) is 5.91 Å². The predicted octanol–water partition coefficient (Wildman–Crippen LogP) is 7.10. The Bertz CT molecular complexity index is 651. The molecule has 4 rings (SSSR count). The number of carbonyl (C=O) groups excluding carboxylic acids is 1. The van der Waals surface area contributed by atoms with E-state index < -0.39 is 0 Å². The molecule has 1 N–H and O–H groups in total. The molecule has 0 spiro atoms. The fraction of sp³-hybridized carbons (Fsp3) is 0.889. The number of rotatable bonds is 5. The zero-order chi connectivity index (χ0) is 20.8. The first kappa shape index (κ1) is 21.4. The topological polar surface area (TPSA) is 29.1 Å². The number of hydrogen-bond acceptors (Lipinski definition) is 1. The highest BCUT2D eigenvalue weighted by molar-refractivity contribution is 5.78. The van der Waals surface area contributed by atoms with Gasteiger partial charge in [-0.25, -0.2) is 0 Å². The molecule has 1 heterocycles. The average molecular weight is 400 g/mol. The van der Waals surface area contributed by atoms with E-state index in [9.17, 15) is 4.79 Å². The summed E-state index contributed by atoms with van der Waals surface area (Å²) >= 11 is 0. The van der Waals surface area contributed by atoms with Gasteiger partial charge in [0.1, 0.15) is 0 Å². The summed E-state index contributed by atoms with van der Waals surface area (Å²) in [5.74, 6) is 5.39. The Balaban J connectivity index is 1.51. The Hall–Kier alpha value is -0.790. The highest BCUT2D eigenvalue weighted by atomic mass is 16.1. The first-order valence-corrected chi connectivity index (χ1v) is 12.8. The van der Waals surface area contributed by atoms with Crippen LogP contribution in [0.5, 0.6) is 0 Å². The van der Waals surface area contributed by atoms with Crippen LogP contribution in [0.15, 0.2) is 11.8 Å². The van der Waals surface area contributed by atoms with E-state index in [1.807, 2.05) is 0 Å². The van der Waals surface area contributed by atoms with E-state index in [2.05, 4.69) is 46.0 Å². The Morgan fingerprint density at radius 3 is 2.62 bits per heavy atom. The summed E-state index contributed by atoms with van der Waals surface area (Å²) in [5, 5.41) is 3.30. The molecule has 0 radical (unpaired) electrons. The minimum absolute atomic E-state index is 0.206. The second-order valence-electron chi connectivity index (χ2n) is 12.1. The SMILES string of the molecule is CC(C)CCC[C@@H](C)[C@H]1CC[C@H]2[C@@H]3CC=C4NC(=O)CCC[C@]4(C)[C@H]3CC[C@]12C. The highest BCUT2D eigenvalue weighted by Crippen LogP contribution is 2.66. The summed E-state index contributed by atoms with van der Waals surface area (Å²) in [4.78, 5) is 12.2. The first-order chi connectivity index (χ1) is 13.8. The van der Waals surface area contributed by atoms with E-state index >= 15 is 0 Å². The van der Waals surface area contributed by atoms with Crippen molar-refractivity contribution >= 4 is 5.91 Å². The van der Waals surface area contributed by atoms with Crippen LogP contribution >= 0.6 is 0 Å². The van der Waals surface area contributed by atoms with Crippen LogP contribution in [0.2, 0.25) is 0 Å². The van der Waals surface area contributed by atoms with Crippen molar-refractivity contribution in [2.45, 2.75) is 105 Å². The smallest absolute Gasteiger partial charge is 0.224 e. The van der Waals surface area contributed by atoms with Gasteiger partial charge in [0.05, 0.1) is 0 Å². The van der Waals surface area contributed by atoms with E-state index in [0.29, 0.717) is 11.8 Å². The van der Waals surface area contributed by atoms with Gasteiger partial charge in [-0.1, -0.05) is 60.0 Å². The summed E-state index contributed by atoms with van der Waals surface area (Å²) in [6.07, 6.45) is 16.5. The van der Waals surface area contributed by atoms with Gasteiger partial charge in [-0.15, -0.1) is 0 Å². The zero-order valence-corrected chi connectivity index (χ0v) is 19.7. The summed E-state index contributed by atoms with van der Waals surface area (Å²) < 4.78 is 0. The lowest BCUT2D eigenvalue weighted by atomic mass is 9.49. The summed E-state index contributed by atoms with van der Waals surface area (Å²) in [7, 11) is 0. The molecular weight excluding hydrogens is 354 g/mol. The third kappa shape index (κ3) is 3.72. The normalized spacial score (nSPS) is 43.0. The summed E-state index contributed by atoms with van der Waals surface area (Å²) in [6.45, 7) is 12.4. The van der Waals surface area contributed by atoms with Crippen molar-refractivity contribution in [3.05, 3.63) is 11.8 Å². The van der Waals surface area contributed by atoms with E-state index in [1.54, 1.807) is 0 Å². The van der Waals surface area contributed by atoms with Crippen molar-refractivity contribution in [1.29, 1.82) is 0 Å². The van der Waals surface area contributed by atoms with Crippen LogP contribution in [0.1, 0.15) is 105 Å². The van der Waals surface area contributed by atoms with E-state index in [-0.39, 0.29) is 11.3 Å². The second kappa shape index (κ2) is 8.04. The molecule has 0 aromatic heterocycles. The van der Waals surface area contributed by atoms with Gasteiger partial charge < -0.3 is 5.32 Å². The van der Waals surface area contributed by atoms with Crippen molar-refractivity contribution in [1.82, 2.24) is 5.32 Å². The quantitative estimate of drug-likeness (QED) is 0.525. The second-order valence-corrected chi connectivity index (χ2v) is 12.1. The molecule has 1 saturated heterocycles. The van der Waals surface area contributed by atoms with Crippen LogP contribution in [0.25, 0.3) is 0 Å². The predicted molar refractivity (Wildman–Crippen MR) is 121 cm³/mol. The average Bonchev–Trinajstić information content (AvgIpc) is 2.92. The van der Waals surface area contributed by atoms with E-state index in [0.717, 1.165) is 41.9 Å². The molecule has 1 amide bonds. The molecule has 2 saturated carbocycles. The molecule has 4 aliphatic rings. The minimum Gasteiger partial charge on any atom is -0.330 e. The fourth-order valence-corrected chi connectivity index (χ4v) is 8.46. The lowest BCUT2D eigenvalue weighted by Crippen LogP contribution is -2.50. The molecule has 29 heavy (non-hydrogen) atoms. The first-order valence-electron chi connectivity index (χ1n) is 12.8. The molecule has 2 heteroatoms. The molecule has 0 aromatic rings. The number of carbonyl (C=O) groups is 1. The molecule has 0 aromatic carbocycles. The lowest BCUT2D eigenvalue weighted by molar-refractivity contribution is -0.120. The minimum atomic E-state index is 0.206. The van der Waals surface area contributed by atoms with Gasteiger partial charge in [-0.3, -0.25) is 4.79 Å². The van der Waals surface area contributed by atoms with Gasteiger partial charge in [0, 0.05) is 17.5 Å². The number of amides is 1. The number of nitrogens with one attached hydrogen (secondary N) is 1. The monoisotopic (exact) mass is 399 g/mol. The Morgan fingerprint density at radius 2 is 1.86 bits per heavy atom. The molecule has 3 aliphatic carbocycles. The van der Waals surface area contributed by atoms with Crippen molar-refractivity contribution < 1.29 is 4.79 Å². The lowest BCUT2D eigenvalue weighted by Gasteiger charge is -2.56. The molecule has 0 bridgehead atoms. The summed E-state index contributed by atoms with van der Waals surface area (Å²) in [6, 6.07) is 0. The van der Waals surface area contributed by atoms with Gasteiger partial charge in [0.25, 0.3) is 0 Å². The molecular formula is C27H45NO.